The first-order valence-electron chi connectivity index (χ1n) is 12.3. The summed E-state index contributed by atoms with van der Waals surface area (Å²) in [5.41, 5.74) is 9.79. The number of aromatic amines is 1. The molecule has 0 aliphatic heterocycles. The van der Waals surface area contributed by atoms with Crippen molar-refractivity contribution in [3.8, 4) is 0 Å². The Balaban J connectivity index is 1.59. The smallest absolute Gasteiger partial charge is 0.141 e. The van der Waals surface area contributed by atoms with E-state index >= 15 is 0 Å². The van der Waals surface area contributed by atoms with Crippen LogP contribution in [0.15, 0.2) is 46.6 Å². The number of nitrogens with zero attached hydrogens (tertiary/aromatic N) is 1. The largest absolute Gasteiger partial charge is 0.364 e. The van der Waals surface area contributed by atoms with Crippen LogP contribution in [0.25, 0.3) is 11.6 Å². The topological polar surface area (TPSA) is 41.8 Å². The van der Waals surface area contributed by atoms with Crippen LogP contribution in [0.2, 0.25) is 0 Å². The van der Waals surface area contributed by atoms with Gasteiger partial charge in [-0.25, -0.2) is 4.39 Å². The van der Waals surface area contributed by atoms with E-state index in [1.54, 1.807) is 12.1 Å². The van der Waals surface area contributed by atoms with E-state index in [4.69, 9.17) is 4.52 Å². The summed E-state index contributed by atoms with van der Waals surface area (Å²) in [5.74, 6) is 1.93. The number of halogens is 1. The molecular formula is C29H31FN2O. The van der Waals surface area contributed by atoms with E-state index in [9.17, 15) is 4.39 Å². The minimum atomic E-state index is -0.162. The third kappa shape index (κ3) is 3.34. The molecule has 3 aliphatic carbocycles. The molecule has 0 atom stereocenters. The Kier molecular flexibility index (Phi) is 4.76. The normalized spacial score (nSPS) is 18.9. The molecule has 0 spiro atoms. The SMILES string of the molecule is CC1=CC(c2c(C)noc2C)=Cc2c(C(c3ccc(F)cc3)(C3CC3)C3CC3)c[nH]c2CC1. The molecule has 1 aromatic carbocycles. The van der Waals surface area contributed by atoms with Gasteiger partial charge < -0.3 is 9.51 Å². The summed E-state index contributed by atoms with van der Waals surface area (Å²) in [6.45, 7) is 6.22. The highest BCUT2D eigenvalue weighted by atomic mass is 19.1. The molecule has 2 heterocycles. The average Bonchev–Trinajstić information content (AvgIpc) is 3.71. The van der Waals surface area contributed by atoms with Gasteiger partial charge in [0.2, 0.25) is 0 Å². The fourth-order valence-electron chi connectivity index (χ4n) is 6.29. The second-order valence-electron chi connectivity index (χ2n) is 10.3. The van der Waals surface area contributed by atoms with Crippen LogP contribution >= 0.6 is 0 Å². The molecule has 2 aromatic heterocycles. The van der Waals surface area contributed by atoms with Crippen LogP contribution in [0.5, 0.6) is 0 Å². The molecular weight excluding hydrogens is 411 g/mol. The lowest BCUT2D eigenvalue weighted by Crippen LogP contribution is -2.33. The van der Waals surface area contributed by atoms with E-state index in [0.717, 1.165) is 29.9 Å². The lowest BCUT2D eigenvalue weighted by Gasteiger charge is -2.36. The summed E-state index contributed by atoms with van der Waals surface area (Å²) in [7, 11) is 0. The quantitative estimate of drug-likeness (QED) is 0.450. The second-order valence-corrected chi connectivity index (χ2v) is 10.3. The van der Waals surface area contributed by atoms with Gasteiger partial charge in [0, 0.05) is 22.9 Å². The van der Waals surface area contributed by atoms with E-state index in [1.807, 2.05) is 26.0 Å². The number of nitrogens with one attached hydrogen (secondary N) is 1. The molecule has 0 amide bonds. The molecule has 0 radical (unpaired) electrons. The Hall–Kier alpha value is -2.88. The number of hydrogen-bond acceptors (Lipinski definition) is 2. The molecule has 2 fully saturated rings. The molecule has 3 nitrogen and oxygen atoms in total. The van der Waals surface area contributed by atoms with Crippen LogP contribution in [-0.4, -0.2) is 10.1 Å². The van der Waals surface area contributed by atoms with Crippen LogP contribution in [0.3, 0.4) is 0 Å². The summed E-state index contributed by atoms with van der Waals surface area (Å²) in [4.78, 5) is 3.68. The van der Waals surface area contributed by atoms with Gasteiger partial charge in [-0.05, 0) is 112 Å². The van der Waals surface area contributed by atoms with Gasteiger partial charge >= 0.3 is 0 Å². The van der Waals surface area contributed by atoms with Crippen molar-refractivity contribution in [2.45, 2.75) is 64.7 Å². The monoisotopic (exact) mass is 442 g/mol. The van der Waals surface area contributed by atoms with E-state index in [2.05, 4.69) is 35.4 Å². The maximum absolute atomic E-state index is 13.9. The van der Waals surface area contributed by atoms with Crippen LogP contribution in [0.1, 0.15) is 78.4 Å². The molecule has 33 heavy (non-hydrogen) atoms. The van der Waals surface area contributed by atoms with E-state index in [0.29, 0.717) is 11.8 Å². The first kappa shape index (κ1) is 20.7. The summed E-state index contributed by atoms with van der Waals surface area (Å²) >= 11 is 0. The van der Waals surface area contributed by atoms with Crippen molar-refractivity contribution in [1.29, 1.82) is 0 Å². The number of H-pyrrole nitrogens is 1. The first-order valence-corrected chi connectivity index (χ1v) is 12.3. The van der Waals surface area contributed by atoms with Gasteiger partial charge in [0.05, 0.1) is 5.69 Å². The number of aromatic nitrogens is 2. The Bertz CT molecular complexity index is 1230. The number of benzene rings is 1. The van der Waals surface area contributed by atoms with E-state index < -0.39 is 0 Å². The van der Waals surface area contributed by atoms with Gasteiger partial charge in [0.25, 0.3) is 0 Å². The molecule has 0 saturated heterocycles. The molecule has 170 valence electrons. The summed E-state index contributed by atoms with van der Waals surface area (Å²) < 4.78 is 19.4. The average molecular weight is 443 g/mol. The van der Waals surface area contributed by atoms with E-state index in [1.165, 1.54) is 59.2 Å². The van der Waals surface area contributed by atoms with Crippen molar-refractivity contribution < 1.29 is 8.91 Å². The molecule has 4 heteroatoms. The van der Waals surface area contributed by atoms with Crippen molar-refractivity contribution in [3.63, 3.8) is 0 Å². The molecule has 6 rings (SSSR count). The zero-order valence-electron chi connectivity index (χ0n) is 19.7. The standard InChI is InChI=1S/C29H31FN2O/c1-17-4-13-27-25(15-20(14-17)28-18(2)32-33-19(28)3)26(16-31-27)29(21-5-6-21,22-7-8-22)23-9-11-24(30)12-10-23/h9-12,14-16,21-22,31H,4-8,13H2,1-3H3. The second kappa shape index (κ2) is 7.58. The molecule has 0 unspecified atom stereocenters. The van der Waals surface area contributed by atoms with Gasteiger partial charge in [-0.2, -0.15) is 0 Å². The maximum Gasteiger partial charge on any atom is 0.141 e. The Morgan fingerprint density at radius 1 is 0.970 bits per heavy atom. The zero-order valence-corrected chi connectivity index (χ0v) is 19.7. The highest BCUT2D eigenvalue weighted by Gasteiger charge is 2.57. The van der Waals surface area contributed by atoms with Crippen LogP contribution in [-0.2, 0) is 11.8 Å². The number of fused-ring (bicyclic) bond motifs is 1. The van der Waals surface area contributed by atoms with Gasteiger partial charge in [0.15, 0.2) is 0 Å². The molecule has 3 aliphatic rings. The lowest BCUT2D eigenvalue weighted by atomic mass is 9.66. The summed E-state index contributed by atoms with van der Waals surface area (Å²) in [6, 6.07) is 7.36. The Morgan fingerprint density at radius 3 is 2.27 bits per heavy atom. The third-order valence-electron chi connectivity index (χ3n) is 8.01. The van der Waals surface area contributed by atoms with Gasteiger partial charge in [-0.15, -0.1) is 0 Å². The van der Waals surface area contributed by atoms with Crippen molar-refractivity contribution in [3.05, 3.63) is 87.3 Å². The van der Waals surface area contributed by atoms with Crippen molar-refractivity contribution >= 4 is 11.6 Å². The van der Waals surface area contributed by atoms with Gasteiger partial charge in [-0.1, -0.05) is 28.9 Å². The fraction of sp³-hybridized carbons (Fsp3) is 0.414. The predicted molar refractivity (Wildman–Crippen MR) is 129 cm³/mol. The molecule has 0 bridgehead atoms. The highest BCUT2D eigenvalue weighted by Crippen LogP contribution is 2.63. The molecule has 2 saturated carbocycles. The number of aryl methyl sites for hydroxylation is 3. The molecule has 1 N–H and O–H groups in total. The summed E-state index contributed by atoms with van der Waals surface area (Å²) in [5, 5.41) is 4.23. The number of allylic oxidation sites excluding steroid dienone is 3. The van der Waals surface area contributed by atoms with Crippen LogP contribution < -0.4 is 0 Å². The molecule has 3 aromatic rings. The number of hydrogen-bond donors (Lipinski definition) is 1. The minimum Gasteiger partial charge on any atom is -0.364 e. The van der Waals surface area contributed by atoms with E-state index in [-0.39, 0.29) is 11.2 Å². The van der Waals surface area contributed by atoms with Crippen LogP contribution in [0.4, 0.5) is 4.39 Å². The highest BCUT2D eigenvalue weighted by molar-refractivity contribution is 5.91. The maximum atomic E-state index is 13.9. The van der Waals surface area contributed by atoms with Crippen molar-refractivity contribution in [2.75, 3.05) is 0 Å². The lowest BCUT2D eigenvalue weighted by molar-refractivity contribution is 0.389. The van der Waals surface area contributed by atoms with Gasteiger partial charge in [-0.3, -0.25) is 0 Å². The first-order chi connectivity index (χ1) is 16.0. The Morgan fingerprint density at radius 2 is 1.67 bits per heavy atom. The zero-order chi connectivity index (χ0) is 22.7. The minimum absolute atomic E-state index is 0.0456. The predicted octanol–water partition coefficient (Wildman–Crippen LogP) is 7.30. The van der Waals surface area contributed by atoms with Crippen molar-refractivity contribution in [2.24, 2.45) is 11.8 Å². The van der Waals surface area contributed by atoms with Crippen molar-refractivity contribution in [1.82, 2.24) is 10.1 Å². The fourth-order valence-corrected chi connectivity index (χ4v) is 6.29. The summed E-state index contributed by atoms with van der Waals surface area (Å²) in [6.07, 6.45) is 13.9. The number of rotatable bonds is 5. The van der Waals surface area contributed by atoms with Crippen LogP contribution in [0, 0.1) is 31.5 Å². The third-order valence-corrected chi connectivity index (χ3v) is 8.01. The Labute approximate surface area is 194 Å². The van der Waals surface area contributed by atoms with Gasteiger partial charge in [0.1, 0.15) is 11.6 Å².